The highest BCUT2D eigenvalue weighted by Gasteiger charge is 2.17. The van der Waals surface area contributed by atoms with Crippen LogP contribution in [-0.2, 0) is 16.0 Å². The lowest BCUT2D eigenvalue weighted by Crippen LogP contribution is -2.20. The topological polar surface area (TPSA) is 46.5 Å². The van der Waals surface area contributed by atoms with E-state index >= 15 is 0 Å². The van der Waals surface area contributed by atoms with Crippen LogP contribution < -0.4 is 0 Å². The fourth-order valence-corrected chi connectivity index (χ4v) is 2.32. The van der Waals surface area contributed by atoms with Crippen LogP contribution in [0.5, 0.6) is 0 Å². The molecule has 4 heteroatoms. The molecule has 1 unspecified atom stereocenters. The molecule has 88 valence electrons. The molecule has 0 aliphatic heterocycles. The average Bonchev–Trinajstić information content (AvgIpc) is 2.29. The van der Waals surface area contributed by atoms with Crippen molar-refractivity contribution in [2.24, 2.45) is 0 Å². The number of methoxy groups -OCH3 is 1. The highest BCUT2D eigenvalue weighted by atomic mass is 32.2. The average molecular weight is 240 g/mol. The van der Waals surface area contributed by atoms with Gasteiger partial charge in [-0.3, -0.25) is 4.79 Å². The zero-order valence-corrected chi connectivity index (χ0v) is 10.1. The van der Waals surface area contributed by atoms with E-state index in [0.29, 0.717) is 18.8 Å². The number of carbonyl (C=O) groups is 1. The number of thioether (sulfide) groups is 1. The molecule has 16 heavy (non-hydrogen) atoms. The molecule has 1 aromatic carbocycles. The van der Waals surface area contributed by atoms with Crippen molar-refractivity contribution in [3.63, 3.8) is 0 Å². The zero-order valence-electron chi connectivity index (χ0n) is 9.26. The quantitative estimate of drug-likeness (QED) is 0.741. The summed E-state index contributed by atoms with van der Waals surface area (Å²) in [6.07, 6.45) is 0.560. The minimum Gasteiger partial charge on any atom is -0.480 e. The van der Waals surface area contributed by atoms with Crippen LogP contribution in [0.4, 0.5) is 0 Å². The maximum Gasteiger partial charge on any atom is 0.316 e. The first kappa shape index (κ1) is 13.1. The molecule has 0 aliphatic rings. The summed E-state index contributed by atoms with van der Waals surface area (Å²) in [7, 11) is 1.62. The summed E-state index contributed by atoms with van der Waals surface area (Å²) < 4.78 is 4.91. The maximum absolute atomic E-state index is 11.0. The first-order valence-electron chi connectivity index (χ1n) is 5.11. The molecule has 1 rings (SSSR count). The zero-order chi connectivity index (χ0) is 11.8. The summed E-state index contributed by atoms with van der Waals surface area (Å²) in [5.74, 6) is -0.0507. The van der Waals surface area contributed by atoms with Gasteiger partial charge in [0.25, 0.3) is 0 Å². The third-order valence-corrected chi connectivity index (χ3v) is 3.32. The predicted octanol–water partition coefficient (Wildman–Crippen LogP) is 2.06. The number of aliphatic carboxylic acids is 1. The second kappa shape index (κ2) is 7.30. The Bertz CT molecular complexity index is 313. The molecule has 0 saturated carbocycles. The van der Waals surface area contributed by atoms with Gasteiger partial charge < -0.3 is 9.84 Å². The van der Waals surface area contributed by atoms with Crippen molar-refractivity contribution in [1.82, 2.24) is 0 Å². The number of hydrogen-bond acceptors (Lipinski definition) is 3. The molecule has 0 bridgehead atoms. The van der Waals surface area contributed by atoms with Gasteiger partial charge in [-0.1, -0.05) is 30.3 Å². The van der Waals surface area contributed by atoms with Crippen molar-refractivity contribution in [3.8, 4) is 0 Å². The Kier molecular flexibility index (Phi) is 5.96. The first-order chi connectivity index (χ1) is 7.74. The third-order valence-electron chi connectivity index (χ3n) is 2.15. The van der Waals surface area contributed by atoms with E-state index in [2.05, 4.69) is 0 Å². The number of carboxylic acid groups (broad SMARTS) is 1. The van der Waals surface area contributed by atoms with Gasteiger partial charge in [0.2, 0.25) is 0 Å². The Balaban J connectivity index is 2.48. The van der Waals surface area contributed by atoms with Gasteiger partial charge in [0.05, 0.1) is 6.61 Å². The van der Waals surface area contributed by atoms with Gasteiger partial charge in [-0.2, -0.15) is 0 Å². The summed E-state index contributed by atoms with van der Waals surface area (Å²) in [6.45, 7) is 0.587. The molecule has 0 aromatic heterocycles. The summed E-state index contributed by atoms with van der Waals surface area (Å²) in [4.78, 5) is 11.0. The first-order valence-corrected chi connectivity index (χ1v) is 6.16. The molecular formula is C12H16O3S. The van der Waals surface area contributed by atoms with Gasteiger partial charge in [-0.25, -0.2) is 0 Å². The normalized spacial score (nSPS) is 12.3. The van der Waals surface area contributed by atoms with E-state index < -0.39 is 11.2 Å². The van der Waals surface area contributed by atoms with Crippen LogP contribution in [0.25, 0.3) is 0 Å². The predicted molar refractivity (Wildman–Crippen MR) is 65.9 cm³/mol. The van der Waals surface area contributed by atoms with E-state index in [0.717, 1.165) is 5.56 Å². The Morgan fingerprint density at radius 3 is 2.69 bits per heavy atom. The minimum absolute atomic E-state index is 0.391. The van der Waals surface area contributed by atoms with Crippen LogP contribution >= 0.6 is 11.8 Å². The number of ether oxygens (including phenoxy) is 1. The number of benzene rings is 1. The fourth-order valence-electron chi connectivity index (χ4n) is 1.32. The summed E-state index contributed by atoms with van der Waals surface area (Å²) in [5, 5.41) is 8.68. The van der Waals surface area contributed by atoms with E-state index in [9.17, 15) is 4.79 Å². The second-order valence-corrected chi connectivity index (χ2v) is 4.69. The van der Waals surface area contributed by atoms with Crippen LogP contribution in [0.2, 0.25) is 0 Å². The molecule has 0 aliphatic carbocycles. The van der Waals surface area contributed by atoms with Crippen molar-refractivity contribution in [2.45, 2.75) is 11.7 Å². The molecule has 1 N–H and O–H groups in total. The lowest BCUT2D eigenvalue weighted by atomic mass is 10.1. The largest absolute Gasteiger partial charge is 0.480 e. The van der Waals surface area contributed by atoms with Crippen molar-refractivity contribution in [2.75, 3.05) is 19.5 Å². The highest BCUT2D eigenvalue weighted by Crippen LogP contribution is 2.16. The van der Waals surface area contributed by atoms with Crippen LogP contribution in [-0.4, -0.2) is 35.8 Å². The van der Waals surface area contributed by atoms with Crippen LogP contribution in [0, 0.1) is 0 Å². The van der Waals surface area contributed by atoms with Crippen LogP contribution in [0.1, 0.15) is 5.56 Å². The Morgan fingerprint density at radius 1 is 1.44 bits per heavy atom. The standard InChI is InChI=1S/C12H16O3S/c1-15-7-8-16-11(12(13)14)9-10-5-3-2-4-6-10/h2-6,11H,7-9H2,1H3,(H,13,14). The molecule has 0 amide bonds. The van der Waals surface area contributed by atoms with Crippen LogP contribution in [0.3, 0.4) is 0 Å². The van der Waals surface area contributed by atoms with E-state index in [-0.39, 0.29) is 0 Å². The van der Waals surface area contributed by atoms with E-state index in [1.54, 1.807) is 7.11 Å². The van der Waals surface area contributed by atoms with Gasteiger partial charge in [0.15, 0.2) is 0 Å². The Labute approximate surface area is 99.8 Å². The monoisotopic (exact) mass is 240 g/mol. The summed E-state index contributed by atoms with van der Waals surface area (Å²) in [6, 6.07) is 9.68. The number of rotatable bonds is 7. The van der Waals surface area contributed by atoms with Crippen molar-refractivity contribution < 1.29 is 14.6 Å². The van der Waals surface area contributed by atoms with Crippen LogP contribution in [0.15, 0.2) is 30.3 Å². The maximum atomic E-state index is 11.0. The summed E-state index contributed by atoms with van der Waals surface area (Å²) >= 11 is 1.42. The van der Waals surface area contributed by atoms with Gasteiger partial charge in [-0.05, 0) is 12.0 Å². The lowest BCUT2D eigenvalue weighted by molar-refractivity contribution is -0.136. The SMILES string of the molecule is COCCSC(Cc1ccccc1)C(=O)O. The van der Waals surface area contributed by atoms with E-state index in [1.165, 1.54) is 11.8 Å². The van der Waals surface area contributed by atoms with Crippen molar-refractivity contribution in [1.29, 1.82) is 0 Å². The van der Waals surface area contributed by atoms with E-state index in [4.69, 9.17) is 9.84 Å². The van der Waals surface area contributed by atoms with Crippen molar-refractivity contribution >= 4 is 17.7 Å². The van der Waals surface area contributed by atoms with Gasteiger partial charge in [0.1, 0.15) is 5.25 Å². The Hall–Kier alpha value is -1.00. The summed E-state index contributed by atoms with van der Waals surface area (Å²) in [5.41, 5.74) is 1.06. The molecule has 1 aromatic rings. The Morgan fingerprint density at radius 2 is 2.12 bits per heavy atom. The fraction of sp³-hybridized carbons (Fsp3) is 0.417. The number of hydrogen-bond donors (Lipinski definition) is 1. The minimum atomic E-state index is -0.759. The molecule has 1 atom stereocenters. The third kappa shape index (κ3) is 4.68. The number of carboxylic acids is 1. The molecule has 0 fully saturated rings. The molecule has 0 spiro atoms. The molecular weight excluding hydrogens is 224 g/mol. The second-order valence-electron chi connectivity index (χ2n) is 3.38. The molecule has 0 heterocycles. The van der Waals surface area contributed by atoms with E-state index in [1.807, 2.05) is 30.3 Å². The van der Waals surface area contributed by atoms with Gasteiger partial charge in [0, 0.05) is 12.9 Å². The molecule has 0 radical (unpaired) electrons. The lowest BCUT2D eigenvalue weighted by Gasteiger charge is -2.11. The van der Waals surface area contributed by atoms with Gasteiger partial charge >= 0.3 is 5.97 Å². The van der Waals surface area contributed by atoms with Crippen molar-refractivity contribution in [3.05, 3.63) is 35.9 Å². The molecule has 0 saturated heterocycles. The van der Waals surface area contributed by atoms with Gasteiger partial charge in [-0.15, -0.1) is 11.8 Å². The molecule has 3 nitrogen and oxygen atoms in total. The smallest absolute Gasteiger partial charge is 0.316 e. The highest BCUT2D eigenvalue weighted by molar-refractivity contribution is 8.00.